The van der Waals surface area contributed by atoms with Gasteiger partial charge in [0.2, 0.25) is 0 Å². The predicted molar refractivity (Wildman–Crippen MR) is 71.1 cm³/mol. The van der Waals surface area contributed by atoms with Crippen molar-refractivity contribution in [2.24, 2.45) is 0 Å². The van der Waals surface area contributed by atoms with Crippen LogP contribution in [0.5, 0.6) is 0 Å². The second kappa shape index (κ2) is 5.48. The topological polar surface area (TPSA) is 21.3 Å². The van der Waals surface area contributed by atoms with Crippen molar-refractivity contribution in [2.45, 2.75) is 31.9 Å². The van der Waals surface area contributed by atoms with E-state index >= 15 is 0 Å². The highest BCUT2D eigenvalue weighted by Gasteiger charge is 2.27. The lowest BCUT2D eigenvalue weighted by Gasteiger charge is -2.32. The third-order valence-corrected chi connectivity index (χ3v) is 3.34. The number of rotatable bonds is 4. The summed E-state index contributed by atoms with van der Waals surface area (Å²) in [7, 11) is 1.99. The van der Waals surface area contributed by atoms with Gasteiger partial charge in [0.25, 0.3) is 0 Å². The Bertz CT molecular complexity index is 400. The molecular weight excluding hydrogens is 210 g/mol. The zero-order valence-electron chi connectivity index (χ0n) is 10.7. The smallest absolute Gasteiger partial charge is 0.0983 e. The molecule has 2 nitrogen and oxygen atoms in total. The van der Waals surface area contributed by atoms with E-state index in [0.29, 0.717) is 6.04 Å². The number of fused-ring (bicyclic) bond motifs is 1. The first-order valence-corrected chi connectivity index (χ1v) is 6.23. The van der Waals surface area contributed by atoms with Gasteiger partial charge in [0, 0.05) is 6.04 Å². The molecule has 0 saturated carbocycles. The lowest BCUT2D eigenvalue weighted by molar-refractivity contribution is 0.0172. The fraction of sp³-hybridized carbons (Fsp3) is 0.467. The molecule has 0 aliphatic carbocycles. The highest BCUT2D eigenvalue weighted by atomic mass is 16.5. The summed E-state index contributed by atoms with van der Waals surface area (Å²) in [5.74, 6) is 0. The Morgan fingerprint density at radius 1 is 1.53 bits per heavy atom. The minimum atomic E-state index is 0.154. The highest BCUT2D eigenvalue weighted by Crippen LogP contribution is 2.31. The first-order valence-electron chi connectivity index (χ1n) is 6.23. The van der Waals surface area contributed by atoms with Gasteiger partial charge in [-0.25, -0.2) is 0 Å². The van der Waals surface area contributed by atoms with E-state index in [0.717, 1.165) is 19.4 Å². The summed E-state index contributed by atoms with van der Waals surface area (Å²) in [5, 5.41) is 3.36. The van der Waals surface area contributed by atoms with Gasteiger partial charge in [0.05, 0.1) is 12.7 Å². The van der Waals surface area contributed by atoms with Gasteiger partial charge in [0.1, 0.15) is 0 Å². The van der Waals surface area contributed by atoms with E-state index in [2.05, 4.69) is 43.1 Å². The molecule has 2 heteroatoms. The van der Waals surface area contributed by atoms with Gasteiger partial charge in [-0.05, 0) is 37.9 Å². The molecule has 1 N–H and O–H groups in total. The molecule has 0 fully saturated rings. The second-order valence-electron chi connectivity index (χ2n) is 4.80. The van der Waals surface area contributed by atoms with Crippen molar-refractivity contribution in [2.75, 3.05) is 13.7 Å². The standard InChI is InChI=1S/C15H21NO/c1-11(2)10-14(16-3)15-13-7-5-4-6-12(13)8-9-17-15/h4-7,14-16H,1,8-10H2,2-3H3. The van der Waals surface area contributed by atoms with Crippen LogP contribution in [0.25, 0.3) is 0 Å². The van der Waals surface area contributed by atoms with E-state index in [1.54, 1.807) is 0 Å². The number of likely N-dealkylation sites (N-methyl/N-ethyl adjacent to an activating group) is 1. The maximum absolute atomic E-state index is 5.95. The first-order chi connectivity index (χ1) is 8.22. The predicted octanol–water partition coefficient (Wildman–Crippen LogP) is 2.85. The molecule has 1 aliphatic heterocycles. The maximum Gasteiger partial charge on any atom is 0.0983 e. The molecular formula is C15H21NO. The quantitative estimate of drug-likeness (QED) is 0.805. The summed E-state index contributed by atoms with van der Waals surface area (Å²) < 4.78 is 5.95. The van der Waals surface area contributed by atoms with Crippen molar-refractivity contribution in [3.8, 4) is 0 Å². The van der Waals surface area contributed by atoms with Crippen LogP contribution in [0.2, 0.25) is 0 Å². The molecule has 0 bridgehead atoms. The van der Waals surface area contributed by atoms with E-state index in [-0.39, 0.29) is 6.10 Å². The average Bonchev–Trinajstić information content (AvgIpc) is 2.35. The second-order valence-corrected chi connectivity index (χ2v) is 4.80. The molecule has 0 saturated heterocycles. The molecule has 1 aromatic rings. The van der Waals surface area contributed by atoms with Crippen molar-refractivity contribution < 1.29 is 4.74 Å². The van der Waals surface area contributed by atoms with Gasteiger partial charge in [-0.1, -0.05) is 29.8 Å². The van der Waals surface area contributed by atoms with Crippen molar-refractivity contribution >= 4 is 0 Å². The normalized spacial score (nSPS) is 20.7. The molecule has 1 aromatic carbocycles. The fourth-order valence-electron chi connectivity index (χ4n) is 2.49. The Hall–Kier alpha value is -1.12. The molecule has 1 heterocycles. The first kappa shape index (κ1) is 12.3. The Morgan fingerprint density at radius 2 is 2.29 bits per heavy atom. The molecule has 0 radical (unpaired) electrons. The SMILES string of the molecule is C=C(C)CC(NC)C1OCCc2ccccc21. The van der Waals surface area contributed by atoms with E-state index in [4.69, 9.17) is 4.74 Å². The minimum absolute atomic E-state index is 0.154. The van der Waals surface area contributed by atoms with Gasteiger partial charge in [-0.2, -0.15) is 0 Å². The Morgan fingerprint density at radius 3 is 3.00 bits per heavy atom. The molecule has 2 unspecified atom stereocenters. The Labute approximate surface area is 104 Å². The van der Waals surface area contributed by atoms with E-state index in [1.807, 2.05) is 7.05 Å². The van der Waals surface area contributed by atoms with Crippen LogP contribution in [0.1, 0.15) is 30.6 Å². The van der Waals surface area contributed by atoms with Crippen LogP contribution in [0.4, 0.5) is 0 Å². The molecule has 0 amide bonds. The van der Waals surface area contributed by atoms with Gasteiger partial charge in [-0.3, -0.25) is 0 Å². The summed E-state index contributed by atoms with van der Waals surface area (Å²) in [5.41, 5.74) is 3.95. The van der Waals surface area contributed by atoms with Crippen LogP contribution in [-0.4, -0.2) is 19.7 Å². The lowest BCUT2D eigenvalue weighted by atomic mass is 9.91. The zero-order valence-corrected chi connectivity index (χ0v) is 10.7. The van der Waals surface area contributed by atoms with Crippen molar-refractivity contribution in [1.82, 2.24) is 5.32 Å². The number of nitrogens with one attached hydrogen (secondary N) is 1. The molecule has 1 aliphatic rings. The molecule has 2 atom stereocenters. The highest BCUT2D eigenvalue weighted by molar-refractivity contribution is 5.32. The number of ether oxygens (including phenoxy) is 1. The summed E-state index contributed by atoms with van der Waals surface area (Å²) in [6, 6.07) is 8.90. The summed E-state index contributed by atoms with van der Waals surface area (Å²) in [6.45, 7) is 6.88. The molecule has 92 valence electrons. The summed E-state index contributed by atoms with van der Waals surface area (Å²) in [4.78, 5) is 0. The van der Waals surface area contributed by atoms with Crippen molar-refractivity contribution in [1.29, 1.82) is 0 Å². The van der Waals surface area contributed by atoms with Crippen LogP contribution >= 0.6 is 0 Å². The van der Waals surface area contributed by atoms with Crippen LogP contribution in [0, 0.1) is 0 Å². The van der Waals surface area contributed by atoms with Crippen LogP contribution in [0.3, 0.4) is 0 Å². The fourth-order valence-corrected chi connectivity index (χ4v) is 2.49. The number of hydrogen-bond acceptors (Lipinski definition) is 2. The number of benzene rings is 1. The maximum atomic E-state index is 5.95. The van der Waals surface area contributed by atoms with Gasteiger partial charge < -0.3 is 10.1 Å². The van der Waals surface area contributed by atoms with E-state index in [1.165, 1.54) is 16.7 Å². The van der Waals surface area contributed by atoms with Gasteiger partial charge >= 0.3 is 0 Å². The third kappa shape index (κ3) is 2.76. The number of hydrogen-bond donors (Lipinski definition) is 1. The summed E-state index contributed by atoms with van der Waals surface area (Å²) >= 11 is 0. The summed E-state index contributed by atoms with van der Waals surface area (Å²) in [6.07, 6.45) is 2.13. The Kier molecular flexibility index (Phi) is 3.97. The zero-order chi connectivity index (χ0) is 12.3. The third-order valence-electron chi connectivity index (χ3n) is 3.34. The minimum Gasteiger partial charge on any atom is -0.372 e. The van der Waals surface area contributed by atoms with Crippen LogP contribution in [0.15, 0.2) is 36.4 Å². The molecule has 2 rings (SSSR count). The lowest BCUT2D eigenvalue weighted by Crippen LogP contribution is -2.36. The average molecular weight is 231 g/mol. The largest absolute Gasteiger partial charge is 0.372 e. The monoisotopic (exact) mass is 231 g/mol. The molecule has 0 spiro atoms. The van der Waals surface area contributed by atoms with Crippen molar-refractivity contribution in [3.63, 3.8) is 0 Å². The van der Waals surface area contributed by atoms with E-state index in [9.17, 15) is 0 Å². The van der Waals surface area contributed by atoms with Crippen LogP contribution < -0.4 is 5.32 Å². The van der Waals surface area contributed by atoms with Gasteiger partial charge in [0.15, 0.2) is 0 Å². The Balaban J connectivity index is 2.24. The molecule has 17 heavy (non-hydrogen) atoms. The van der Waals surface area contributed by atoms with Gasteiger partial charge in [-0.15, -0.1) is 6.58 Å². The van der Waals surface area contributed by atoms with E-state index < -0.39 is 0 Å². The van der Waals surface area contributed by atoms with Crippen LogP contribution in [-0.2, 0) is 11.2 Å². The molecule has 0 aromatic heterocycles. The van der Waals surface area contributed by atoms with Crippen molar-refractivity contribution in [3.05, 3.63) is 47.5 Å².